The zero-order valence-corrected chi connectivity index (χ0v) is 10.9. The maximum Gasteiger partial charge on any atom is 0.185 e. The highest BCUT2D eigenvalue weighted by Crippen LogP contribution is 2.30. The number of fused-ring (bicyclic) bond motifs is 1. The molecule has 1 aromatic carbocycles. The van der Waals surface area contributed by atoms with Gasteiger partial charge in [-0.05, 0) is 23.6 Å². The standard InChI is InChI=1S/C15H16N2O2/c1-17-8-6-13(16-17)14(18)10-15-12-5-3-2-4-11(12)7-9-19-15/h2-6,8,15H,7,9-10H2,1H3. The molecule has 0 spiro atoms. The van der Waals surface area contributed by atoms with Crippen LogP contribution in [0.1, 0.15) is 34.1 Å². The molecule has 19 heavy (non-hydrogen) atoms. The van der Waals surface area contributed by atoms with Crippen LogP contribution in [-0.2, 0) is 18.2 Å². The number of aromatic nitrogens is 2. The fourth-order valence-corrected chi connectivity index (χ4v) is 2.48. The molecule has 2 heterocycles. The van der Waals surface area contributed by atoms with Crippen molar-refractivity contribution in [3.05, 3.63) is 53.3 Å². The summed E-state index contributed by atoms with van der Waals surface area (Å²) >= 11 is 0. The number of aryl methyl sites for hydroxylation is 1. The van der Waals surface area contributed by atoms with E-state index in [9.17, 15) is 4.79 Å². The van der Waals surface area contributed by atoms with Gasteiger partial charge in [-0.1, -0.05) is 24.3 Å². The lowest BCUT2D eigenvalue weighted by atomic mass is 9.94. The number of rotatable bonds is 3. The van der Waals surface area contributed by atoms with Crippen LogP contribution in [0.4, 0.5) is 0 Å². The molecule has 1 aliphatic rings. The summed E-state index contributed by atoms with van der Waals surface area (Å²) in [5.74, 6) is 0.0299. The van der Waals surface area contributed by atoms with Crippen molar-refractivity contribution in [3.63, 3.8) is 0 Å². The van der Waals surface area contributed by atoms with E-state index < -0.39 is 0 Å². The summed E-state index contributed by atoms with van der Waals surface area (Å²) in [5.41, 5.74) is 2.93. The van der Waals surface area contributed by atoms with Gasteiger partial charge in [0.1, 0.15) is 5.69 Å². The predicted molar refractivity (Wildman–Crippen MR) is 71.0 cm³/mol. The molecule has 98 valence electrons. The number of ketones is 1. The van der Waals surface area contributed by atoms with Crippen molar-refractivity contribution >= 4 is 5.78 Å². The lowest BCUT2D eigenvalue weighted by Crippen LogP contribution is -2.19. The maximum absolute atomic E-state index is 12.2. The number of ether oxygens (including phenoxy) is 1. The van der Waals surface area contributed by atoms with Gasteiger partial charge in [0, 0.05) is 19.7 Å². The summed E-state index contributed by atoms with van der Waals surface area (Å²) in [5, 5.41) is 4.14. The molecule has 1 unspecified atom stereocenters. The van der Waals surface area contributed by atoms with Gasteiger partial charge in [-0.2, -0.15) is 5.10 Å². The van der Waals surface area contributed by atoms with Gasteiger partial charge < -0.3 is 4.74 Å². The van der Waals surface area contributed by atoms with Crippen molar-refractivity contribution in [2.45, 2.75) is 18.9 Å². The van der Waals surface area contributed by atoms with Gasteiger partial charge >= 0.3 is 0 Å². The maximum atomic E-state index is 12.2. The number of hydrogen-bond acceptors (Lipinski definition) is 3. The van der Waals surface area contributed by atoms with Crippen molar-refractivity contribution in [3.8, 4) is 0 Å². The van der Waals surface area contributed by atoms with Gasteiger partial charge in [0.25, 0.3) is 0 Å². The minimum atomic E-state index is -0.139. The molecule has 1 atom stereocenters. The third kappa shape index (κ3) is 2.44. The summed E-state index contributed by atoms with van der Waals surface area (Å²) in [6.45, 7) is 0.678. The second kappa shape index (κ2) is 4.97. The summed E-state index contributed by atoms with van der Waals surface area (Å²) in [4.78, 5) is 12.2. The smallest absolute Gasteiger partial charge is 0.185 e. The Hall–Kier alpha value is -1.94. The molecule has 1 aromatic heterocycles. The first-order valence-corrected chi connectivity index (χ1v) is 6.46. The highest BCUT2D eigenvalue weighted by Gasteiger charge is 2.24. The van der Waals surface area contributed by atoms with Crippen molar-refractivity contribution in [2.24, 2.45) is 7.05 Å². The molecule has 0 saturated carbocycles. The van der Waals surface area contributed by atoms with E-state index in [1.165, 1.54) is 5.56 Å². The second-order valence-electron chi connectivity index (χ2n) is 4.81. The Morgan fingerprint density at radius 1 is 1.42 bits per heavy atom. The van der Waals surface area contributed by atoms with Crippen LogP contribution >= 0.6 is 0 Å². The van der Waals surface area contributed by atoms with E-state index in [-0.39, 0.29) is 11.9 Å². The topological polar surface area (TPSA) is 44.1 Å². The molecule has 1 aliphatic heterocycles. The van der Waals surface area contributed by atoms with Crippen LogP contribution in [0.2, 0.25) is 0 Å². The fourth-order valence-electron chi connectivity index (χ4n) is 2.48. The van der Waals surface area contributed by atoms with Crippen molar-refractivity contribution in [1.29, 1.82) is 0 Å². The van der Waals surface area contributed by atoms with Crippen LogP contribution in [-0.4, -0.2) is 22.2 Å². The summed E-state index contributed by atoms with van der Waals surface area (Å²) in [7, 11) is 1.81. The first kappa shape index (κ1) is 12.1. The largest absolute Gasteiger partial charge is 0.373 e. The van der Waals surface area contributed by atoms with E-state index in [4.69, 9.17) is 4.74 Å². The van der Waals surface area contributed by atoms with Crippen molar-refractivity contribution in [1.82, 2.24) is 9.78 Å². The Morgan fingerprint density at radius 2 is 2.26 bits per heavy atom. The Kier molecular flexibility index (Phi) is 3.17. The summed E-state index contributed by atoms with van der Waals surface area (Å²) < 4.78 is 7.39. The van der Waals surface area contributed by atoms with E-state index in [1.807, 2.05) is 25.2 Å². The van der Waals surface area contributed by atoms with Crippen LogP contribution in [0.15, 0.2) is 36.5 Å². The molecule has 0 radical (unpaired) electrons. The Morgan fingerprint density at radius 3 is 3.05 bits per heavy atom. The zero-order valence-electron chi connectivity index (χ0n) is 10.9. The molecule has 4 heteroatoms. The number of hydrogen-bond donors (Lipinski definition) is 0. The average Bonchev–Trinajstić information content (AvgIpc) is 2.86. The second-order valence-corrected chi connectivity index (χ2v) is 4.81. The van der Waals surface area contributed by atoms with Crippen LogP contribution < -0.4 is 0 Å². The van der Waals surface area contributed by atoms with E-state index >= 15 is 0 Å². The molecule has 4 nitrogen and oxygen atoms in total. The number of benzene rings is 1. The van der Waals surface area contributed by atoms with Crippen LogP contribution in [0.25, 0.3) is 0 Å². The van der Waals surface area contributed by atoms with Crippen molar-refractivity contribution in [2.75, 3.05) is 6.61 Å². The van der Waals surface area contributed by atoms with E-state index in [0.29, 0.717) is 18.7 Å². The predicted octanol–water partition coefficient (Wildman–Crippen LogP) is 2.31. The van der Waals surface area contributed by atoms with Gasteiger partial charge in [0.05, 0.1) is 12.7 Å². The highest BCUT2D eigenvalue weighted by molar-refractivity contribution is 5.94. The van der Waals surface area contributed by atoms with Gasteiger partial charge in [-0.3, -0.25) is 9.48 Å². The Bertz CT molecular complexity index is 604. The highest BCUT2D eigenvalue weighted by atomic mass is 16.5. The van der Waals surface area contributed by atoms with Crippen LogP contribution in [0, 0.1) is 0 Å². The van der Waals surface area contributed by atoms with E-state index in [2.05, 4.69) is 11.2 Å². The van der Waals surface area contributed by atoms with Gasteiger partial charge in [0.15, 0.2) is 5.78 Å². The first-order chi connectivity index (χ1) is 9.24. The molecule has 0 amide bonds. The number of carbonyl (C=O) groups excluding carboxylic acids is 1. The van der Waals surface area contributed by atoms with Crippen molar-refractivity contribution < 1.29 is 9.53 Å². The third-order valence-electron chi connectivity index (χ3n) is 3.46. The minimum Gasteiger partial charge on any atom is -0.373 e. The zero-order chi connectivity index (χ0) is 13.2. The van der Waals surface area contributed by atoms with Crippen LogP contribution in [0.3, 0.4) is 0 Å². The lowest BCUT2D eigenvalue weighted by molar-refractivity contribution is 0.0350. The number of carbonyl (C=O) groups is 1. The molecule has 2 aromatic rings. The third-order valence-corrected chi connectivity index (χ3v) is 3.46. The van der Waals surface area contributed by atoms with Gasteiger partial charge in [-0.15, -0.1) is 0 Å². The molecular weight excluding hydrogens is 240 g/mol. The molecule has 0 N–H and O–H groups in total. The SMILES string of the molecule is Cn1ccc(C(=O)CC2OCCc3ccccc32)n1. The van der Waals surface area contributed by atoms with Gasteiger partial charge in [0.2, 0.25) is 0 Å². The average molecular weight is 256 g/mol. The Labute approximate surface area is 112 Å². The van der Waals surface area contributed by atoms with E-state index in [1.54, 1.807) is 16.9 Å². The quantitative estimate of drug-likeness (QED) is 0.791. The normalized spacial score (nSPS) is 18.1. The van der Waals surface area contributed by atoms with E-state index in [0.717, 1.165) is 12.0 Å². The number of nitrogens with zero attached hydrogens (tertiary/aromatic N) is 2. The number of Topliss-reactive ketones (excluding diaryl/α,β-unsaturated/α-hetero) is 1. The summed E-state index contributed by atoms with van der Waals surface area (Å²) in [6.07, 6.45) is 2.92. The van der Waals surface area contributed by atoms with Gasteiger partial charge in [-0.25, -0.2) is 0 Å². The first-order valence-electron chi connectivity index (χ1n) is 6.46. The lowest BCUT2D eigenvalue weighted by Gasteiger charge is -2.25. The molecular formula is C15H16N2O2. The molecule has 0 fully saturated rings. The summed E-state index contributed by atoms with van der Waals surface area (Å²) in [6, 6.07) is 9.92. The molecule has 0 aliphatic carbocycles. The Balaban J connectivity index is 1.79. The fraction of sp³-hybridized carbons (Fsp3) is 0.333. The molecule has 3 rings (SSSR count). The molecule has 0 saturated heterocycles. The monoisotopic (exact) mass is 256 g/mol. The minimum absolute atomic E-state index is 0.0299. The van der Waals surface area contributed by atoms with Crippen LogP contribution in [0.5, 0.6) is 0 Å². The molecule has 0 bridgehead atoms.